The Bertz CT molecular complexity index is 850. The van der Waals surface area contributed by atoms with E-state index in [4.69, 9.17) is 18.9 Å². The molecule has 0 saturated heterocycles. The molecule has 0 amide bonds. The van der Waals surface area contributed by atoms with Crippen molar-refractivity contribution in [2.45, 2.75) is 11.4 Å². The van der Waals surface area contributed by atoms with E-state index < -0.39 is 10.0 Å². The Morgan fingerprint density at radius 2 is 1.83 bits per heavy atom. The molecule has 0 aliphatic carbocycles. The van der Waals surface area contributed by atoms with E-state index >= 15 is 0 Å². The number of hydrogen-bond acceptors (Lipinski definition) is 6. The van der Waals surface area contributed by atoms with Crippen LogP contribution in [0.15, 0.2) is 41.3 Å². The van der Waals surface area contributed by atoms with Crippen molar-refractivity contribution >= 4 is 10.0 Å². The first-order chi connectivity index (χ1) is 11.5. The number of methoxy groups -OCH3 is 2. The fraction of sp³-hybridized carbons (Fsp3) is 0.250. The highest BCUT2D eigenvalue weighted by Crippen LogP contribution is 2.33. The van der Waals surface area contributed by atoms with Crippen LogP contribution in [0.25, 0.3) is 0 Å². The first kappa shape index (κ1) is 16.4. The zero-order valence-corrected chi connectivity index (χ0v) is 14.1. The minimum absolute atomic E-state index is 0.0477. The molecule has 0 aromatic heterocycles. The zero-order valence-electron chi connectivity index (χ0n) is 13.2. The molecule has 3 rings (SSSR count). The Hall–Kier alpha value is -2.45. The first-order valence-electron chi connectivity index (χ1n) is 7.14. The minimum atomic E-state index is -3.74. The molecule has 1 aliphatic heterocycles. The number of benzene rings is 2. The van der Waals surface area contributed by atoms with E-state index in [-0.39, 0.29) is 24.0 Å². The van der Waals surface area contributed by atoms with Crippen molar-refractivity contribution in [3.8, 4) is 23.0 Å². The maximum absolute atomic E-state index is 12.5. The number of ether oxygens (including phenoxy) is 4. The number of hydrogen-bond donors (Lipinski definition) is 1. The molecular formula is C16H17NO6S. The Labute approximate surface area is 140 Å². The van der Waals surface area contributed by atoms with Gasteiger partial charge in [-0.3, -0.25) is 0 Å². The van der Waals surface area contributed by atoms with Gasteiger partial charge in [-0.15, -0.1) is 0 Å². The van der Waals surface area contributed by atoms with Crippen molar-refractivity contribution in [3.05, 3.63) is 42.0 Å². The molecule has 1 heterocycles. The van der Waals surface area contributed by atoms with Crippen molar-refractivity contribution in [3.63, 3.8) is 0 Å². The summed E-state index contributed by atoms with van der Waals surface area (Å²) in [5.41, 5.74) is 0.760. The summed E-state index contributed by atoms with van der Waals surface area (Å²) >= 11 is 0. The van der Waals surface area contributed by atoms with Gasteiger partial charge in [-0.05, 0) is 29.8 Å². The van der Waals surface area contributed by atoms with Crippen LogP contribution in [0.5, 0.6) is 23.0 Å². The van der Waals surface area contributed by atoms with Gasteiger partial charge in [0.05, 0.1) is 14.2 Å². The summed E-state index contributed by atoms with van der Waals surface area (Å²) in [6, 6.07) is 9.81. The average Bonchev–Trinajstić information content (AvgIpc) is 3.07. The summed E-state index contributed by atoms with van der Waals surface area (Å²) in [5, 5.41) is 0. The Kier molecular flexibility index (Phi) is 4.50. The zero-order chi connectivity index (χ0) is 17.2. The Morgan fingerprint density at radius 1 is 1.04 bits per heavy atom. The summed E-state index contributed by atoms with van der Waals surface area (Å²) in [4.78, 5) is 0.0477. The van der Waals surface area contributed by atoms with Gasteiger partial charge in [0.1, 0.15) is 16.4 Å². The van der Waals surface area contributed by atoms with Gasteiger partial charge in [0.15, 0.2) is 11.5 Å². The molecule has 0 saturated carbocycles. The molecule has 1 N–H and O–H groups in total. The smallest absolute Gasteiger partial charge is 0.244 e. The SMILES string of the molecule is COc1ccc(S(=O)(=O)NCc2ccc3c(c2)OCO3)c(OC)c1. The van der Waals surface area contributed by atoms with Crippen LogP contribution in [0.2, 0.25) is 0 Å². The van der Waals surface area contributed by atoms with Crippen LogP contribution >= 0.6 is 0 Å². The quantitative estimate of drug-likeness (QED) is 0.856. The lowest BCUT2D eigenvalue weighted by Gasteiger charge is -2.12. The van der Waals surface area contributed by atoms with E-state index in [0.717, 1.165) is 5.56 Å². The topological polar surface area (TPSA) is 83.1 Å². The van der Waals surface area contributed by atoms with E-state index in [1.165, 1.54) is 26.4 Å². The van der Waals surface area contributed by atoms with Gasteiger partial charge in [0, 0.05) is 12.6 Å². The van der Waals surface area contributed by atoms with Crippen molar-refractivity contribution in [1.82, 2.24) is 4.72 Å². The molecule has 0 spiro atoms. The van der Waals surface area contributed by atoms with Gasteiger partial charge in [0.2, 0.25) is 16.8 Å². The third-order valence-corrected chi connectivity index (χ3v) is 5.00. The highest BCUT2D eigenvalue weighted by Gasteiger charge is 2.20. The van der Waals surface area contributed by atoms with Crippen molar-refractivity contribution < 1.29 is 27.4 Å². The highest BCUT2D eigenvalue weighted by atomic mass is 32.2. The molecule has 0 unspecified atom stereocenters. The van der Waals surface area contributed by atoms with Crippen LogP contribution in [0.3, 0.4) is 0 Å². The number of sulfonamides is 1. The normalized spacial score (nSPS) is 12.9. The van der Waals surface area contributed by atoms with Crippen LogP contribution in [-0.2, 0) is 16.6 Å². The van der Waals surface area contributed by atoms with Gasteiger partial charge in [-0.25, -0.2) is 13.1 Å². The molecule has 2 aromatic rings. The van der Waals surface area contributed by atoms with E-state index in [9.17, 15) is 8.42 Å². The molecule has 128 valence electrons. The van der Waals surface area contributed by atoms with E-state index in [1.807, 2.05) is 0 Å². The third-order valence-electron chi connectivity index (χ3n) is 3.56. The van der Waals surface area contributed by atoms with E-state index in [1.54, 1.807) is 24.3 Å². The summed E-state index contributed by atoms with van der Waals surface area (Å²) in [6.07, 6.45) is 0. The molecule has 1 aliphatic rings. The van der Waals surface area contributed by atoms with E-state index in [0.29, 0.717) is 17.2 Å². The van der Waals surface area contributed by atoms with Crippen molar-refractivity contribution in [1.29, 1.82) is 0 Å². The third kappa shape index (κ3) is 3.24. The van der Waals surface area contributed by atoms with Crippen LogP contribution in [0, 0.1) is 0 Å². The minimum Gasteiger partial charge on any atom is -0.497 e. The van der Waals surface area contributed by atoms with Crippen molar-refractivity contribution in [2.75, 3.05) is 21.0 Å². The number of fused-ring (bicyclic) bond motifs is 1. The second-order valence-corrected chi connectivity index (χ2v) is 6.76. The maximum atomic E-state index is 12.5. The predicted octanol–water partition coefficient (Wildman–Crippen LogP) is 1.91. The molecule has 0 atom stereocenters. The lowest BCUT2D eigenvalue weighted by atomic mass is 10.2. The Balaban J connectivity index is 1.79. The fourth-order valence-electron chi connectivity index (χ4n) is 2.30. The molecule has 7 nitrogen and oxygen atoms in total. The van der Waals surface area contributed by atoms with Gasteiger partial charge in [-0.2, -0.15) is 0 Å². The first-order valence-corrected chi connectivity index (χ1v) is 8.62. The molecule has 8 heteroatoms. The lowest BCUT2D eigenvalue weighted by molar-refractivity contribution is 0.174. The van der Waals surface area contributed by atoms with Gasteiger partial charge in [-0.1, -0.05) is 6.07 Å². The molecule has 0 radical (unpaired) electrons. The van der Waals surface area contributed by atoms with Crippen LogP contribution in [-0.4, -0.2) is 29.4 Å². The molecule has 24 heavy (non-hydrogen) atoms. The molecule has 0 fully saturated rings. The maximum Gasteiger partial charge on any atom is 0.244 e. The number of nitrogens with one attached hydrogen (secondary N) is 1. The predicted molar refractivity (Wildman–Crippen MR) is 86.1 cm³/mol. The summed E-state index contributed by atoms with van der Waals surface area (Å²) < 4.78 is 48.4. The second kappa shape index (κ2) is 6.58. The molecular weight excluding hydrogens is 334 g/mol. The Morgan fingerprint density at radius 3 is 2.58 bits per heavy atom. The molecule has 0 bridgehead atoms. The summed E-state index contributed by atoms with van der Waals surface area (Å²) in [7, 11) is -0.834. The van der Waals surface area contributed by atoms with Gasteiger partial charge >= 0.3 is 0 Å². The van der Waals surface area contributed by atoms with Crippen LogP contribution in [0.1, 0.15) is 5.56 Å². The summed E-state index contributed by atoms with van der Waals surface area (Å²) in [5.74, 6) is 1.99. The average molecular weight is 351 g/mol. The lowest BCUT2D eigenvalue weighted by Crippen LogP contribution is -2.23. The van der Waals surface area contributed by atoms with Crippen LogP contribution in [0.4, 0.5) is 0 Å². The monoisotopic (exact) mass is 351 g/mol. The van der Waals surface area contributed by atoms with Crippen LogP contribution < -0.4 is 23.7 Å². The molecule has 2 aromatic carbocycles. The van der Waals surface area contributed by atoms with Crippen molar-refractivity contribution in [2.24, 2.45) is 0 Å². The fourth-order valence-corrected chi connectivity index (χ4v) is 3.47. The largest absolute Gasteiger partial charge is 0.497 e. The van der Waals surface area contributed by atoms with E-state index in [2.05, 4.69) is 4.72 Å². The second-order valence-electron chi connectivity index (χ2n) is 5.03. The highest BCUT2D eigenvalue weighted by molar-refractivity contribution is 7.89. The standard InChI is InChI=1S/C16H17NO6S/c1-20-12-4-6-16(15(8-12)21-2)24(18,19)17-9-11-3-5-13-14(7-11)23-10-22-13/h3-8,17H,9-10H2,1-2H3. The summed E-state index contributed by atoms with van der Waals surface area (Å²) in [6.45, 7) is 0.293. The number of rotatable bonds is 6. The van der Waals surface area contributed by atoms with Gasteiger partial charge < -0.3 is 18.9 Å². The van der Waals surface area contributed by atoms with Gasteiger partial charge in [0.25, 0.3) is 0 Å².